The Morgan fingerprint density at radius 2 is 1.03 bits per heavy atom. The fourth-order valence-electron chi connectivity index (χ4n) is 6.30. The molecule has 0 aromatic heterocycles. The molecule has 0 radical (unpaired) electrons. The first kappa shape index (κ1) is 22.0. The van der Waals surface area contributed by atoms with Gasteiger partial charge in [0, 0.05) is 16.8 Å². The van der Waals surface area contributed by atoms with Crippen LogP contribution < -0.4 is 10.2 Å². The Hall–Kier alpha value is -5.08. The summed E-state index contributed by atoms with van der Waals surface area (Å²) in [6.07, 6.45) is -0.0811. The highest BCUT2D eigenvalue weighted by Crippen LogP contribution is 2.46. The molecule has 2 nitrogen and oxygen atoms in total. The zero-order valence-electron chi connectivity index (χ0n) is 21.4. The summed E-state index contributed by atoms with van der Waals surface area (Å²) in [4.78, 5) is 2.48. The molecular weight excluding hydrogens is 472 g/mol. The van der Waals surface area contributed by atoms with E-state index >= 15 is 0 Å². The van der Waals surface area contributed by atoms with E-state index in [1.165, 1.54) is 54.7 Å². The third kappa shape index (κ3) is 3.42. The van der Waals surface area contributed by atoms with Crippen LogP contribution >= 0.6 is 0 Å². The molecule has 7 aromatic carbocycles. The van der Waals surface area contributed by atoms with E-state index in [4.69, 9.17) is 0 Å². The highest BCUT2D eigenvalue weighted by Gasteiger charge is 2.36. The lowest BCUT2D eigenvalue weighted by Crippen LogP contribution is -2.29. The van der Waals surface area contributed by atoms with Gasteiger partial charge in [0.1, 0.15) is 6.17 Å². The third-order valence-corrected chi connectivity index (χ3v) is 8.02. The Labute approximate surface area is 227 Å². The van der Waals surface area contributed by atoms with Crippen molar-refractivity contribution < 1.29 is 0 Å². The molecule has 7 aromatic rings. The van der Waals surface area contributed by atoms with Crippen LogP contribution in [0.15, 0.2) is 146 Å². The molecule has 1 N–H and O–H groups in total. The van der Waals surface area contributed by atoms with Gasteiger partial charge in [-0.15, -0.1) is 0 Å². The lowest BCUT2D eigenvalue weighted by molar-refractivity contribution is 0.685. The molecule has 0 bridgehead atoms. The minimum absolute atomic E-state index is 0.0811. The molecule has 1 heterocycles. The van der Waals surface area contributed by atoms with E-state index < -0.39 is 0 Å². The van der Waals surface area contributed by atoms with Crippen molar-refractivity contribution in [3.05, 3.63) is 162 Å². The normalized spacial score (nSPS) is 15.5. The van der Waals surface area contributed by atoms with Gasteiger partial charge in [-0.3, -0.25) is 0 Å². The number of anilines is 1. The second-order valence-corrected chi connectivity index (χ2v) is 10.2. The number of benzene rings is 7. The number of hydrogen-bond donors (Lipinski definition) is 1. The predicted molar refractivity (Wildman–Crippen MR) is 165 cm³/mol. The summed E-state index contributed by atoms with van der Waals surface area (Å²) in [5.74, 6) is 0. The van der Waals surface area contributed by atoms with Gasteiger partial charge >= 0.3 is 0 Å². The molecule has 0 fully saturated rings. The number of hydrogen-bond acceptors (Lipinski definition) is 2. The van der Waals surface area contributed by atoms with Crippen molar-refractivity contribution in [2.75, 3.05) is 4.90 Å². The fraction of sp³-hybridized carbons (Fsp3) is 0.0270. The first-order valence-corrected chi connectivity index (χ1v) is 13.5. The zero-order valence-corrected chi connectivity index (χ0v) is 21.4. The van der Waals surface area contributed by atoms with E-state index in [0.717, 1.165) is 11.4 Å². The summed E-state index contributed by atoms with van der Waals surface area (Å²) < 4.78 is 0. The van der Waals surface area contributed by atoms with Crippen molar-refractivity contribution in [2.45, 2.75) is 6.17 Å². The first-order chi connectivity index (χ1) is 19.4. The van der Waals surface area contributed by atoms with Crippen molar-refractivity contribution in [3.8, 4) is 0 Å². The Bertz CT molecular complexity index is 1960. The number of nitrogens with one attached hydrogen (secondary N) is 1. The molecule has 1 atom stereocenters. The van der Waals surface area contributed by atoms with Crippen molar-refractivity contribution >= 4 is 49.4 Å². The smallest absolute Gasteiger partial charge is 0.131 e. The summed E-state index contributed by atoms with van der Waals surface area (Å²) in [7, 11) is 0. The van der Waals surface area contributed by atoms with Crippen LogP contribution in [-0.2, 0) is 0 Å². The van der Waals surface area contributed by atoms with Crippen molar-refractivity contribution in [1.29, 1.82) is 0 Å². The Balaban J connectivity index is 1.42. The predicted octanol–water partition coefficient (Wildman–Crippen LogP) is 9.22. The van der Waals surface area contributed by atoms with E-state index in [9.17, 15) is 0 Å². The van der Waals surface area contributed by atoms with Crippen LogP contribution in [0.1, 0.15) is 22.9 Å². The highest BCUT2D eigenvalue weighted by atomic mass is 15.3. The summed E-state index contributed by atoms with van der Waals surface area (Å²) in [6, 6.07) is 52.5. The van der Waals surface area contributed by atoms with Gasteiger partial charge in [-0.25, -0.2) is 0 Å². The number of nitrogens with zero attached hydrogens (tertiary/aromatic N) is 1. The van der Waals surface area contributed by atoms with Crippen LogP contribution in [0.2, 0.25) is 0 Å². The zero-order chi connectivity index (χ0) is 25.8. The summed E-state index contributed by atoms with van der Waals surface area (Å²) in [5, 5.41) is 11.8. The summed E-state index contributed by atoms with van der Waals surface area (Å²) in [6.45, 7) is 0. The quantitative estimate of drug-likeness (QED) is 0.243. The lowest BCUT2D eigenvalue weighted by Gasteiger charge is -2.31. The summed E-state index contributed by atoms with van der Waals surface area (Å²) >= 11 is 0. The second-order valence-electron chi connectivity index (χ2n) is 10.2. The average molecular weight is 499 g/mol. The van der Waals surface area contributed by atoms with Crippen LogP contribution in [0.25, 0.3) is 43.7 Å². The molecular formula is C37H26N2. The maximum Gasteiger partial charge on any atom is 0.131 e. The fourth-order valence-corrected chi connectivity index (χ4v) is 6.30. The van der Waals surface area contributed by atoms with E-state index in [1.54, 1.807) is 0 Å². The van der Waals surface area contributed by atoms with Crippen molar-refractivity contribution in [3.63, 3.8) is 0 Å². The van der Waals surface area contributed by atoms with Gasteiger partial charge in [-0.2, -0.15) is 0 Å². The van der Waals surface area contributed by atoms with E-state index in [2.05, 4.69) is 156 Å². The molecule has 8 rings (SSSR count). The highest BCUT2D eigenvalue weighted by molar-refractivity contribution is 6.23. The van der Waals surface area contributed by atoms with Gasteiger partial charge < -0.3 is 10.2 Å². The SMILES string of the molecule is c1ccc(C2=C(c3ccccc3)N(c3ccccc3)C(c3ccc4ccc5cccc6ccc3c4c56)N2)cc1. The molecule has 0 aliphatic carbocycles. The average Bonchev–Trinajstić information content (AvgIpc) is 3.42. The third-order valence-electron chi connectivity index (χ3n) is 8.02. The minimum atomic E-state index is -0.0811. The molecule has 0 saturated carbocycles. The maximum absolute atomic E-state index is 4.00. The standard InChI is InChI=1S/C37H26N2/c1-4-11-28(12-5-1)35-36(29-13-6-2-7-14-29)39(30-17-8-3-9-18-30)37(38-35)32-24-22-27-20-19-25-15-10-16-26-21-23-31(32)34(27)33(25)26/h1-24,37-38H. The Kier molecular flexibility index (Phi) is 4.92. The molecule has 0 saturated heterocycles. The molecule has 0 amide bonds. The van der Waals surface area contributed by atoms with Crippen LogP contribution in [0.5, 0.6) is 0 Å². The molecule has 39 heavy (non-hydrogen) atoms. The summed E-state index contributed by atoms with van der Waals surface area (Å²) in [5.41, 5.74) is 7.12. The van der Waals surface area contributed by atoms with E-state index in [-0.39, 0.29) is 6.17 Å². The van der Waals surface area contributed by atoms with Crippen LogP contribution in [0.4, 0.5) is 5.69 Å². The number of para-hydroxylation sites is 1. The monoisotopic (exact) mass is 498 g/mol. The molecule has 2 heteroatoms. The van der Waals surface area contributed by atoms with Gasteiger partial charge in [0.25, 0.3) is 0 Å². The first-order valence-electron chi connectivity index (χ1n) is 13.5. The largest absolute Gasteiger partial charge is 0.359 e. The van der Waals surface area contributed by atoms with Crippen LogP contribution in [0.3, 0.4) is 0 Å². The second kappa shape index (κ2) is 8.75. The Morgan fingerprint density at radius 3 is 1.72 bits per heavy atom. The van der Waals surface area contributed by atoms with Gasteiger partial charge in [-0.05, 0) is 50.0 Å². The van der Waals surface area contributed by atoms with Gasteiger partial charge in [-0.1, -0.05) is 133 Å². The Morgan fingerprint density at radius 1 is 0.462 bits per heavy atom. The topological polar surface area (TPSA) is 15.3 Å². The molecule has 0 spiro atoms. The van der Waals surface area contributed by atoms with E-state index in [1.807, 2.05) is 0 Å². The molecule has 184 valence electrons. The molecule has 1 aliphatic heterocycles. The minimum Gasteiger partial charge on any atom is -0.359 e. The van der Waals surface area contributed by atoms with Crippen molar-refractivity contribution in [1.82, 2.24) is 5.32 Å². The molecule has 1 unspecified atom stereocenters. The van der Waals surface area contributed by atoms with Gasteiger partial charge in [0.15, 0.2) is 0 Å². The molecule has 1 aliphatic rings. The lowest BCUT2D eigenvalue weighted by atomic mass is 9.91. The maximum atomic E-state index is 4.00. The van der Waals surface area contributed by atoms with Crippen LogP contribution in [-0.4, -0.2) is 0 Å². The number of rotatable bonds is 4. The van der Waals surface area contributed by atoms with Crippen molar-refractivity contribution in [2.24, 2.45) is 0 Å². The van der Waals surface area contributed by atoms with Crippen LogP contribution in [0, 0.1) is 0 Å². The van der Waals surface area contributed by atoms with E-state index in [0.29, 0.717) is 0 Å². The van der Waals surface area contributed by atoms with Gasteiger partial charge in [0.2, 0.25) is 0 Å². The van der Waals surface area contributed by atoms with Gasteiger partial charge in [0.05, 0.1) is 11.4 Å².